The molecule has 2 heterocycles. The van der Waals surface area contributed by atoms with Crippen molar-refractivity contribution in [3.8, 4) is 17.4 Å². The van der Waals surface area contributed by atoms with E-state index in [1.54, 1.807) is 6.07 Å². The summed E-state index contributed by atoms with van der Waals surface area (Å²) < 4.78 is 18.1. The summed E-state index contributed by atoms with van der Waals surface area (Å²) in [6.45, 7) is 0.298. The molecule has 0 saturated carbocycles. The number of rotatable bonds is 6. The Morgan fingerprint density at radius 2 is 1.85 bits per heavy atom. The smallest absolute Gasteiger partial charge is 0.283 e. The van der Waals surface area contributed by atoms with Crippen LogP contribution in [0.25, 0.3) is 11.7 Å². The lowest BCUT2D eigenvalue weighted by atomic mass is 10.1. The zero-order chi connectivity index (χ0) is 18.6. The van der Waals surface area contributed by atoms with Crippen molar-refractivity contribution >= 4 is 27.5 Å². The molecule has 0 atom stereocenters. The molecule has 4 rings (SSSR count). The molecule has 0 N–H and O–H groups in total. The SMILES string of the molecule is Clc1cccc(Cc2nnc(-c3ccc(COc4ccccc4Br)o3)o2)c1. The Morgan fingerprint density at radius 3 is 2.70 bits per heavy atom. The van der Waals surface area contributed by atoms with E-state index in [4.69, 9.17) is 25.2 Å². The van der Waals surface area contributed by atoms with Crippen molar-refractivity contribution in [2.75, 3.05) is 0 Å². The number of hydrogen-bond acceptors (Lipinski definition) is 5. The minimum Gasteiger partial charge on any atom is -0.484 e. The van der Waals surface area contributed by atoms with Gasteiger partial charge in [0.1, 0.15) is 18.1 Å². The summed E-state index contributed by atoms with van der Waals surface area (Å²) in [6, 6.07) is 18.8. The molecule has 0 spiro atoms. The Hall–Kier alpha value is -2.57. The van der Waals surface area contributed by atoms with Gasteiger partial charge in [0.2, 0.25) is 5.89 Å². The maximum atomic E-state index is 6.00. The van der Waals surface area contributed by atoms with Crippen molar-refractivity contribution in [2.24, 2.45) is 0 Å². The van der Waals surface area contributed by atoms with Gasteiger partial charge in [0, 0.05) is 5.02 Å². The van der Waals surface area contributed by atoms with Gasteiger partial charge in [-0.05, 0) is 57.9 Å². The van der Waals surface area contributed by atoms with Crippen LogP contribution < -0.4 is 4.74 Å². The molecular weight excluding hydrogens is 432 g/mol. The van der Waals surface area contributed by atoms with Crippen molar-refractivity contribution in [1.82, 2.24) is 10.2 Å². The van der Waals surface area contributed by atoms with Gasteiger partial charge in [0.25, 0.3) is 5.89 Å². The van der Waals surface area contributed by atoms with Crippen LogP contribution >= 0.6 is 27.5 Å². The first kappa shape index (κ1) is 17.8. The van der Waals surface area contributed by atoms with Crippen LogP contribution in [0.2, 0.25) is 5.02 Å². The van der Waals surface area contributed by atoms with Crippen LogP contribution in [0.5, 0.6) is 5.75 Å². The van der Waals surface area contributed by atoms with Crippen LogP contribution in [-0.2, 0) is 13.0 Å². The maximum Gasteiger partial charge on any atom is 0.283 e. The lowest BCUT2D eigenvalue weighted by Crippen LogP contribution is -1.94. The molecule has 0 amide bonds. The van der Waals surface area contributed by atoms with E-state index in [2.05, 4.69) is 26.1 Å². The Bertz CT molecular complexity index is 1060. The summed E-state index contributed by atoms with van der Waals surface area (Å²) in [5.74, 6) is 2.74. The lowest BCUT2D eigenvalue weighted by molar-refractivity contribution is 0.269. The Balaban J connectivity index is 1.43. The number of aromatic nitrogens is 2. The third-order valence-corrected chi connectivity index (χ3v) is 4.68. The molecule has 136 valence electrons. The van der Waals surface area contributed by atoms with Gasteiger partial charge in [-0.1, -0.05) is 35.9 Å². The predicted molar refractivity (Wildman–Crippen MR) is 105 cm³/mol. The number of nitrogens with zero attached hydrogens (tertiary/aromatic N) is 2. The highest BCUT2D eigenvalue weighted by Crippen LogP contribution is 2.26. The molecule has 0 radical (unpaired) electrons. The third kappa shape index (κ3) is 4.40. The fourth-order valence-electron chi connectivity index (χ4n) is 2.53. The highest BCUT2D eigenvalue weighted by Gasteiger charge is 2.14. The predicted octanol–water partition coefficient (Wildman–Crippen LogP) is 5.92. The van der Waals surface area contributed by atoms with E-state index in [1.165, 1.54) is 0 Å². The molecule has 4 aromatic rings. The van der Waals surface area contributed by atoms with Crippen LogP contribution in [0.4, 0.5) is 0 Å². The molecule has 2 aromatic carbocycles. The van der Waals surface area contributed by atoms with Gasteiger partial charge in [0.15, 0.2) is 5.76 Å². The van der Waals surface area contributed by atoms with Crippen molar-refractivity contribution in [2.45, 2.75) is 13.0 Å². The Morgan fingerprint density at radius 1 is 0.963 bits per heavy atom. The van der Waals surface area contributed by atoms with Crippen LogP contribution in [-0.4, -0.2) is 10.2 Å². The highest BCUT2D eigenvalue weighted by atomic mass is 79.9. The summed E-state index contributed by atoms with van der Waals surface area (Å²) >= 11 is 9.45. The van der Waals surface area contributed by atoms with Crippen LogP contribution in [0.1, 0.15) is 17.2 Å². The molecule has 5 nitrogen and oxygen atoms in total. The molecular formula is C20H14BrClN2O3. The van der Waals surface area contributed by atoms with Crippen molar-refractivity contribution in [3.63, 3.8) is 0 Å². The number of furan rings is 1. The van der Waals surface area contributed by atoms with Crippen LogP contribution in [0, 0.1) is 0 Å². The largest absolute Gasteiger partial charge is 0.484 e. The highest BCUT2D eigenvalue weighted by molar-refractivity contribution is 9.10. The molecule has 0 aliphatic rings. The van der Waals surface area contributed by atoms with Crippen molar-refractivity contribution in [3.05, 3.63) is 87.4 Å². The van der Waals surface area contributed by atoms with Gasteiger partial charge in [-0.15, -0.1) is 10.2 Å². The van der Waals surface area contributed by atoms with Gasteiger partial charge in [0.05, 0.1) is 10.9 Å². The first-order valence-corrected chi connectivity index (χ1v) is 9.38. The first-order chi connectivity index (χ1) is 13.2. The summed E-state index contributed by atoms with van der Waals surface area (Å²) in [4.78, 5) is 0. The number of halogens is 2. The number of benzene rings is 2. The van der Waals surface area contributed by atoms with E-state index < -0.39 is 0 Å². The van der Waals surface area contributed by atoms with E-state index in [0.717, 1.165) is 15.8 Å². The minimum atomic E-state index is 0.298. The number of ether oxygens (including phenoxy) is 1. The zero-order valence-corrected chi connectivity index (χ0v) is 16.4. The topological polar surface area (TPSA) is 61.3 Å². The van der Waals surface area contributed by atoms with Gasteiger partial charge in [-0.3, -0.25) is 0 Å². The molecule has 0 aliphatic carbocycles. The normalized spacial score (nSPS) is 10.9. The molecule has 7 heteroatoms. The van der Waals surface area contributed by atoms with Crippen LogP contribution in [0.3, 0.4) is 0 Å². The summed E-state index contributed by atoms with van der Waals surface area (Å²) in [5, 5.41) is 8.81. The molecule has 0 fully saturated rings. The monoisotopic (exact) mass is 444 g/mol. The van der Waals surface area contributed by atoms with Crippen LogP contribution in [0.15, 0.2) is 74.0 Å². The van der Waals surface area contributed by atoms with Crippen molar-refractivity contribution < 1.29 is 13.6 Å². The average Bonchev–Trinajstić information content (AvgIpc) is 3.30. The Kier molecular flexibility index (Phi) is 5.27. The van der Waals surface area contributed by atoms with Gasteiger partial charge >= 0.3 is 0 Å². The maximum absolute atomic E-state index is 6.00. The van der Waals surface area contributed by atoms with E-state index in [9.17, 15) is 0 Å². The number of hydrogen-bond donors (Lipinski definition) is 0. The zero-order valence-electron chi connectivity index (χ0n) is 14.1. The lowest BCUT2D eigenvalue weighted by Gasteiger charge is -2.05. The third-order valence-electron chi connectivity index (χ3n) is 3.79. The quantitative estimate of drug-likeness (QED) is 0.369. The fourth-order valence-corrected chi connectivity index (χ4v) is 3.14. The fraction of sp³-hybridized carbons (Fsp3) is 0.100. The first-order valence-electron chi connectivity index (χ1n) is 8.20. The average molecular weight is 446 g/mol. The summed E-state index contributed by atoms with van der Waals surface area (Å²) in [5.41, 5.74) is 1.000. The molecule has 27 heavy (non-hydrogen) atoms. The number of para-hydroxylation sites is 1. The molecule has 0 unspecified atom stereocenters. The summed E-state index contributed by atoms with van der Waals surface area (Å²) in [6.07, 6.45) is 0.506. The Labute approximate surface area is 169 Å². The molecule has 0 saturated heterocycles. The minimum absolute atomic E-state index is 0.298. The second-order valence-corrected chi connectivity index (χ2v) is 7.08. The van der Waals surface area contributed by atoms with Crippen molar-refractivity contribution in [1.29, 1.82) is 0 Å². The van der Waals surface area contributed by atoms with E-state index >= 15 is 0 Å². The second kappa shape index (κ2) is 7.98. The van der Waals surface area contributed by atoms with Gasteiger partial charge < -0.3 is 13.6 Å². The molecule has 0 bridgehead atoms. The second-order valence-electron chi connectivity index (χ2n) is 5.79. The van der Waals surface area contributed by atoms with Gasteiger partial charge in [-0.2, -0.15) is 0 Å². The van der Waals surface area contributed by atoms with Gasteiger partial charge in [-0.25, -0.2) is 0 Å². The standard InChI is InChI=1S/C20H14BrClN2O3/c21-16-6-1-2-7-17(16)25-12-15-8-9-18(26-15)20-24-23-19(27-20)11-13-4-3-5-14(22)10-13/h1-10H,11-12H2. The van der Waals surface area contributed by atoms with E-state index in [0.29, 0.717) is 41.4 Å². The molecule has 2 aromatic heterocycles. The molecule has 0 aliphatic heterocycles. The van der Waals surface area contributed by atoms with E-state index in [1.807, 2.05) is 54.6 Å². The summed E-state index contributed by atoms with van der Waals surface area (Å²) in [7, 11) is 0. The van der Waals surface area contributed by atoms with E-state index in [-0.39, 0.29) is 0 Å².